The molecule has 1 rings (SSSR count). The van der Waals surface area contributed by atoms with E-state index in [1.807, 2.05) is 6.92 Å². The Morgan fingerprint density at radius 1 is 1.27 bits per heavy atom. The first-order valence-corrected chi connectivity index (χ1v) is 5.95. The lowest BCUT2D eigenvalue weighted by molar-refractivity contribution is 0.510. The third-order valence-electron chi connectivity index (χ3n) is 2.58. The van der Waals surface area contributed by atoms with Gasteiger partial charge in [0.25, 0.3) is 0 Å². The summed E-state index contributed by atoms with van der Waals surface area (Å²) < 4.78 is 0. The zero-order valence-electron chi connectivity index (χ0n) is 9.76. The molecule has 84 valence electrons. The average molecular weight is 226 g/mol. The summed E-state index contributed by atoms with van der Waals surface area (Å²) in [5, 5.41) is 3.73. The van der Waals surface area contributed by atoms with E-state index in [2.05, 4.69) is 43.4 Å². The highest BCUT2D eigenvalue weighted by atomic mass is 35.5. The molecule has 2 unspecified atom stereocenters. The minimum atomic E-state index is 0.240. The van der Waals surface area contributed by atoms with Crippen LogP contribution in [0.2, 0.25) is 0 Å². The van der Waals surface area contributed by atoms with Crippen LogP contribution in [0.4, 0.5) is 0 Å². The van der Waals surface area contributed by atoms with Gasteiger partial charge in [0.1, 0.15) is 0 Å². The first kappa shape index (κ1) is 12.5. The Balaban J connectivity index is 2.40. The van der Waals surface area contributed by atoms with Gasteiger partial charge >= 0.3 is 0 Å². The summed E-state index contributed by atoms with van der Waals surface area (Å²) in [6.45, 7) is 7.29. The zero-order valence-corrected chi connectivity index (χ0v) is 10.5. The third kappa shape index (κ3) is 4.67. The van der Waals surface area contributed by atoms with E-state index in [-0.39, 0.29) is 5.38 Å². The maximum Gasteiger partial charge on any atom is 0.0322 e. The van der Waals surface area contributed by atoms with Crippen LogP contribution in [-0.2, 0) is 6.54 Å². The topological polar surface area (TPSA) is 12.0 Å². The molecule has 0 aliphatic rings. The number of benzene rings is 1. The van der Waals surface area contributed by atoms with Gasteiger partial charge < -0.3 is 5.32 Å². The molecule has 0 fully saturated rings. The van der Waals surface area contributed by atoms with Crippen LogP contribution in [0.5, 0.6) is 0 Å². The van der Waals surface area contributed by atoms with E-state index in [1.165, 1.54) is 11.1 Å². The monoisotopic (exact) mass is 225 g/mol. The summed E-state index contributed by atoms with van der Waals surface area (Å²) in [6.07, 6.45) is 1.01. The fourth-order valence-electron chi connectivity index (χ4n) is 1.66. The van der Waals surface area contributed by atoms with Crippen molar-refractivity contribution in [2.24, 2.45) is 0 Å². The first-order chi connectivity index (χ1) is 7.09. The van der Waals surface area contributed by atoms with Crippen molar-refractivity contribution in [2.75, 3.05) is 0 Å². The lowest BCUT2D eigenvalue weighted by Gasteiger charge is -2.15. The number of nitrogens with one attached hydrogen (secondary N) is 1. The number of halogens is 1. The van der Waals surface area contributed by atoms with Gasteiger partial charge in [-0.3, -0.25) is 0 Å². The maximum atomic E-state index is 5.95. The average Bonchev–Trinajstić information content (AvgIpc) is 2.15. The second-order valence-corrected chi connectivity index (χ2v) is 4.97. The predicted molar refractivity (Wildman–Crippen MR) is 67.4 cm³/mol. The van der Waals surface area contributed by atoms with Gasteiger partial charge in [-0.15, -0.1) is 11.6 Å². The van der Waals surface area contributed by atoms with Crippen LogP contribution < -0.4 is 5.32 Å². The van der Waals surface area contributed by atoms with Crippen molar-refractivity contribution in [2.45, 2.75) is 45.2 Å². The minimum absolute atomic E-state index is 0.240. The predicted octanol–water partition coefficient (Wildman–Crippen LogP) is 3.49. The normalized spacial score (nSPS) is 14.9. The van der Waals surface area contributed by atoms with E-state index in [1.54, 1.807) is 0 Å². The Bertz CT molecular complexity index is 296. The highest BCUT2D eigenvalue weighted by molar-refractivity contribution is 6.20. The van der Waals surface area contributed by atoms with E-state index in [0.29, 0.717) is 6.04 Å². The van der Waals surface area contributed by atoms with Crippen LogP contribution in [0, 0.1) is 6.92 Å². The molecule has 0 saturated carbocycles. The van der Waals surface area contributed by atoms with Crippen molar-refractivity contribution in [1.29, 1.82) is 0 Å². The van der Waals surface area contributed by atoms with Gasteiger partial charge in [0.2, 0.25) is 0 Å². The fourth-order valence-corrected chi connectivity index (χ4v) is 1.93. The fraction of sp³-hybridized carbons (Fsp3) is 0.538. The second-order valence-electron chi connectivity index (χ2n) is 4.22. The van der Waals surface area contributed by atoms with Crippen LogP contribution >= 0.6 is 11.6 Å². The van der Waals surface area contributed by atoms with Gasteiger partial charge in [-0.1, -0.05) is 24.3 Å². The Morgan fingerprint density at radius 2 is 1.93 bits per heavy atom. The number of aryl methyl sites for hydroxylation is 1. The molecule has 1 nitrogen and oxygen atoms in total. The van der Waals surface area contributed by atoms with Gasteiger partial charge in [-0.2, -0.15) is 0 Å². The molecule has 0 aliphatic heterocycles. The third-order valence-corrected chi connectivity index (χ3v) is 2.76. The van der Waals surface area contributed by atoms with Crippen molar-refractivity contribution in [1.82, 2.24) is 5.32 Å². The Kier molecular flexibility index (Phi) is 5.13. The molecular formula is C13H20ClN. The van der Waals surface area contributed by atoms with Crippen LogP contribution in [0.1, 0.15) is 31.4 Å². The molecular weight excluding hydrogens is 206 g/mol. The summed E-state index contributed by atoms with van der Waals surface area (Å²) in [6, 6.07) is 8.93. The molecule has 0 aromatic heterocycles. The number of alkyl halides is 1. The second kappa shape index (κ2) is 6.14. The summed E-state index contributed by atoms with van der Waals surface area (Å²) in [4.78, 5) is 0. The largest absolute Gasteiger partial charge is 0.310 e. The molecule has 2 atom stereocenters. The SMILES string of the molecule is Cc1ccccc1CNC(C)CC(C)Cl. The summed E-state index contributed by atoms with van der Waals surface area (Å²) >= 11 is 5.95. The van der Waals surface area contributed by atoms with Gasteiger partial charge in [0, 0.05) is 18.0 Å². The van der Waals surface area contributed by atoms with Crippen molar-refractivity contribution in [3.05, 3.63) is 35.4 Å². The summed E-state index contributed by atoms with van der Waals surface area (Å²) in [7, 11) is 0. The van der Waals surface area contributed by atoms with Crippen molar-refractivity contribution in [3.63, 3.8) is 0 Å². The molecule has 1 aromatic rings. The quantitative estimate of drug-likeness (QED) is 0.757. The maximum absolute atomic E-state index is 5.95. The van der Waals surface area contributed by atoms with E-state index in [9.17, 15) is 0 Å². The van der Waals surface area contributed by atoms with Gasteiger partial charge in [-0.05, 0) is 38.3 Å². The molecule has 1 aromatic carbocycles. The van der Waals surface area contributed by atoms with E-state index < -0.39 is 0 Å². The van der Waals surface area contributed by atoms with Crippen LogP contribution in [0.15, 0.2) is 24.3 Å². The minimum Gasteiger partial charge on any atom is -0.310 e. The van der Waals surface area contributed by atoms with E-state index in [0.717, 1.165) is 13.0 Å². The Labute approximate surface area is 97.8 Å². The van der Waals surface area contributed by atoms with Crippen molar-refractivity contribution in [3.8, 4) is 0 Å². The molecule has 0 heterocycles. The molecule has 2 heteroatoms. The number of hydrogen-bond acceptors (Lipinski definition) is 1. The molecule has 0 amide bonds. The van der Waals surface area contributed by atoms with Crippen LogP contribution in [0.3, 0.4) is 0 Å². The highest BCUT2D eigenvalue weighted by Crippen LogP contribution is 2.08. The molecule has 0 radical (unpaired) electrons. The van der Waals surface area contributed by atoms with Crippen molar-refractivity contribution < 1.29 is 0 Å². The van der Waals surface area contributed by atoms with Gasteiger partial charge in [0.15, 0.2) is 0 Å². The zero-order chi connectivity index (χ0) is 11.3. The highest BCUT2D eigenvalue weighted by Gasteiger charge is 2.05. The molecule has 0 saturated heterocycles. The molecule has 0 spiro atoms. The molecule has 1 N–H and O–H groups in total. The molecule has 0 aliphatic carbocycles. The molecule has 15 heavy (non-hydrogen) atoms. The lowest BCUT2D eigenvalue weighted by atomic mass is 10.1. The Hall–Kier alpha value is -0.530. The lowest BCUT2D eigenvalue weighted by Crippen LogP contribution is -2.27. The van der Waals surface area contributed by atoms with Crippen LogP contribution in [0.25, 0.3) is 0 Å². The number of rotatable bonds is 5. The summed E-state index contributed by atoms with van der Waals surface area (Å²) in [5.74, 6) is 0. The van der Waals surface area contributed by atoms with E-state index >= 15 is 0 Å². The van der Waals surface area contributed by atoms with E-state index in [4.69, 9.17) is 11.6 Å². The van der Waals surface area contributed by atoms with Gasteiger partial charge in [0.05, 0.1) is 0 Å². The number of hydrogen-bond donors (Lipinski definition) is 1. The van der Waals surface area contributed by atoms with Crippen molar-refractivity contribution >= 4 is 11.6 Å². The summed E-state index contributed by atoms with van der Waals surface area (Å²) in [5.41, 5.74) is 2.71. The molecule has 0 bridgehead atoms. The standard InChI is InChI=1S/C13H20ClN/c1-10-6-4-5-7-13(10)9-15-12(3)8-11(2)14/h4-7,11-12,15H,8-9H2,1-3H3. The first-order valence-electron chi connectivity index (χ1n) is 5.51. The van der Waals surface area contributed by atoms with Gasteiger partial charge in [-0.25, -0.2) is 0 Å². The Morgan fingerprint density at radius 3 is 2.53 bits per heavy atom. The smallest absolute Gasteiger partial charge is 0.0322 e. The van der Waals surface area contributed by atoms with Crippen LogP contribution in [-0.4, -0.2) is 11.4 Å².